The predicted octanol–water partition coefficient (Wildman–Crippen LogP) is 2.45. The van der Waals surface area contributed by atoms with Crippen LogP contribution in [-0.4, -0.2) is 6.10 Å². The molecule has 1 nitrogen and oxygen atoms in total. The van der Waals surface area contributed by atoms with Crippen molar-refractivity contribution in [1.29, 1.82) is 0 Å². The summed E-state index contributed by atoms with van der Waals surface area (Å²) in [7, 11) is 0. The smallest absolute Gasteiger partial charge is 0.109 e. The maximum Gasteiger partial charge on any atom is 0.109 e. The second kappa shape index (κ2) is 2.35. The van der Waals surface area contributed by atoms with E-state index in [0.29, 0.717) is 12.2 Å². The summed E-state index contributed by atoms with van der Waals surface area (Å²) in [5, 5.41) is 0. The molecule has 2 rings (SSSR count). The fourth-order valence-corrected chi connectivity index (χ4v) is 1.29. The van der Waals surface area contributed by atoms with Crippen LogP contribution in [0.5, 0.6) is 0 Å². The van der Waals surface area contributed by atoms with Crippen LogP contribution in [0.3, 0.4) is 0 Å². The average Bonchev–Trinajstić information content (AvgIpc) is 2.69. The molecule has 0 saturated carbocycles. The Labute approximate surface area is 67.0 Å². The first-order chi connectivity index (χ1) is 5.27. The molecule has 0 amide bonds. The molecule has 1 aliphatic rings. The summed E-state index contributed by atoms with van der Waals surface area (Å²) in [6.45, 7) is 4.20. The second-order valence-corrected chi connectivity index (χ2v) is 3.17. The van der Waals surface area contributed by atoms with Gasteiger partial charge in [-0.25, -0.2) is 0 Å². The van der Waals surface area contributed by atoms with Crippen molar-refractivity contribution >= 4 is 0 Å². The van der Waals surface area contributed by atoms with Crippen molar-refractivity contribution in [2.45, 2.75) is 26.1 Å². The number of hydrogen-bond donors (Lipinski definition) is 0. The largest absolute Gasteiger partial charge is 0.365 e. The summed E-state index contributed by atoms with van der Waals surface area (Å²) in [6, 6.07) is 8.54. The molecule has 0 unspecified atom stereocenters. The maximum absolute atomic E-state index is 5.34. The number of hydrogen-bond acceptors (Lipinski definition) is 1. The van der Waals surface area contributed by atoms with Crippen LogP contribution < -0.4 is 0 Å². The Morgan fingerprint density at radius 1 is 1.18 bits per heavy atom. The second-order valence-electron chi connectivity index (χ2n) is 3.17. The topological polar surface area (TPSA) is 12.5 Å². The van der Waals surface area contributed by atoms with Crippen LogP contribution in [0.2, 0.25) is 0 Å². The van der Waals surface area contributed by atoms with E-state index in [1.807, 2.05) is 0 Å². The fourth-order valence-electron chi connectivity index (χ4n) is 1.29. The molecule has 2 atom stereocenters. The van der Waals surface area contributed by atoms with Gasteiger partial charge in [0.05, 0.1) is 6.10 Å². The Morgan fingerprint density at radius 3 is 2.18 bits per heavy atom. The van der Waals surface area contributed by atoms with E-state index in [1.165, 1.54) is 11.1 Å². The molecule has 0 aromatic heterocycles. The summed E-state index contributed by atoms with van der Waals surface area (Å²) < 4.78 is 5.34. The highest BCUT2D eigenvalue weighted by molar-refractivity contribution is 5.26. The number of aryl methyl sites for hydroxylation is 1. The molecule has 1 aromatic rings. The van der Waals surface area contributed by atoms with E-state index in [2.05, 4.69) is 38.1 Å². The summed E-state index contributed by atoms with van der Waals surface area (Å²) in [6.07, 6.45) is 0.799. The third kappa shape index (κ3) is 1.29. The van der Waals surface area contributed by atoms with Gasteiger partial charge in [0.25, 0.3) is 0 Å². The molecule has 1 heteroatoms. The van der Waals surface area contributed by atoms with Gasteiger partial charge in [0.1, 0.15) is 6.10 Å². The van der Waals surface area contributed by atoms with Gasteiger partial charge in [0.15, 0.2) is 0 Å². The highest BCUT2D eigenvalue weighted by atomic mass is 16.6. The highest BCUT2D eigenvalue weighted by Crippen LogP contribution is 2.37. The molecule has 1 aliphatic heterocycles. The molecule has 1 saturated heterocycles. The number of epoxide rings is 1. The Hall–Kier alpha value is -0.820. The Bertz CT molecular complexity index is 250. The minimum absolute atomic E-state index is 0.371. The van der Waals surface area contributed by atoms with Gasteiger partial charge in [0, 0.05) is 0 Å². The van der Waals surface area contributed by atoms with Crippen molar-refractivity contribution in [2.75, 3.05) is 0 Å². The van der Waals surface area contributed by atoms with Crippen molar-refractivity contribution in [3.63, 3.8) is 0 Å². The van der Waals surface area contributed by atoms with Gasteiger partial charge in [-0.15, -0.1) is 0 Å². The zero-order valence-corrected chi connectivity index (χ0v) is 6.87. The van der Waals surface area contributed by atoms with E-state index in [0.717, 1.165) is 0 Å². The summed E-state index contributed by atoms with van der Waals surface area (Å²) in [5.74, 6) is 0. The van der Waals surface area contributed by atoms with Crippen LogP contribution >= 0.6 is 0 Å². The maximum atomic E-state index is 5.34. The standard InChI is InChI=1S/C10H12O/c1-7-3-5-9(6-4-7)10-8(2)11-10/h3-6,8,10H,1-2H3/t8-,10+/m0/s1. The molecule has 0 bridgehead atoms. The Morgan fingerprint density at radius 2 is 1.73 bits per heavy atom. The third-order valence-electron chi connectivity index (χ3n) is 2.12. The van der Waals surface area contributed by atoms with E-state index >= 15 is 0 Å². The van der Waals surface area contributed by atoms with Crippen LogP contribution in [0, 0.1) is 6.92 Å². The summed E-state index contributed by atoms with van der Waals surface area (Å²) in [4.78, 5) is 0. The first kappa shape index (κ1) is 6.86. The molecule has 11 heavy (non-hydrogen) atoms. The van der Waals surface area contributed by atoms with E-state index < -0.39 is 0 Å². The van der Waals surface area contributed by atoms with Gasteiger partial charge in [-0.3, -0.25) is 0 Å². The van der Waals surface area contributed by atoms with Crippen LogP contribution in [0.4, 0.5) is 0 Å². The van der Waals surface area contributed by atoms with Crippen LogP contribution in [0.1, 0.15) is 24.2 Å². The normalized spacial score (nSPS) is 28.5. The Kier molecular flexibility index (Phi) is 1.46. The lowest BCUT2D eigenvalue weighted by Gasteiger charge is -1.95. The van der Waals surface area contributed by atoms with Gasteiger partial charge in [-0.2, -0.15) is 0 Å². The molecule has 1 heterocycles. The van der Waals surface area contributed by atoms with Crippen molar-refractivity contribution < 1.29 is 4.74 Å². The van der Waals surface area contributed by atoms with Crippen molar-refractivity contribution in [3.05, 3.63) is 35.4 Å². The van der Waals surface area contributed by atoms with Gasteiger partial charge in [-0.05, 0) is 19.4 Å². The average molecular weight is 148 g/mol. The number of rotatable bonds is 1. The summed E-state index contributed by atoms with van der Waals surface area (Å²) >= 11 is 0. The Balaban J connectivity index is 2.21. The molecule has 0 spiro atoms. The monoisotopic (exact) mass is 148 g/mol. The first-order valence-electron chi connectivity index (χ1n) is 3.99. The van der Waals surface area contributed by atoms with Crippen molar-refractivity contribution in [2.24, 2.45) is 0 Å². The van der Waals surface area contributed by atoms with E-state index in [-0.39, 0.29) is 0 Å². The van der Waals surface area contributed by atoms with Gasteiger partial charge < -0.3 is 4.74 Å². The van der Waals surface area contributed by atoms with E-state index in [4.69, 9.17) is 4.74 Å². The minimum atomic E-state index is 0.371. The quantitative estimate of drug-likeness (QED) is 0.557. The van der Waals surface area contributed by atoms with Crippen LogP contribution in [0.15, 0.2) is 24.3 Å². The molecule has 1 fully saturated rings. The SMILES string of the molecule is Cc1ccc([C@@H]2O[C@H]2C)cc1. The van der Waals surface area contributed by atoms with Gasteiger partial charge in [0.2, 0.25) is 0 Å². The number of benzene rings is 1. The zero-order chi connectivity index (χ0) is 7.84. The molecule has 0 radical (unpaired) electrons. The molecule has 1 aromatic carbocycles. The third-order valence-corrected chi connectivity index (χ3v) is 2.12. The lowest BCUT2D eigenvalue weighted by Crippen LogP contribution is -1.82. The molecular formula is C10H12O. The molecule has 0 N–H and O–H groups in total. The van der Waals surface area contributed by atoms with E-state index in [9.17, 15) is 0 Å². The zero-order valence-electron chi connectivity index (χ0n) is 6.87. The fraction of sp³-hybridized carbons (Fsp3) is 0.400. The van der Waals surface area contributed by atoms with Crippen molar-refractivity contribution in [3.8, 4) is 0 Å². The molecular weight excluding hydrogens is 136 g/mol. The van der Waals surface area contributed by atoms with Crippen molar-refractivity contribution in [1.82, 2.24) is 0 Å². The lowest BCUT2D eigenvalue weighted by molar-refractivity contribution is 0.383. The molecule has 0 aliphatic carbocycles. The van der Waals surface area contributed by atoms with Gasteiger partial charge >= 0.3 is 0 Å². The highest BCUT2D eigenvalue weighted by Gasteiger charge is 2.35. The lowest BCUT2D eigenvalue weighted by atomic mass is 10.1. The van der Waals surface area contributed by atoms with Gasteiger partial charge in [-0.1, -0.05) is 29.8 Å². The minimum Gasteiger partial charge on any atom is -0.365 e. The van der Waals surface area contributed by atoms with E-state index in [1.54, 1.807) is 0 Å². The predicted molar refractivity (Wildman–Crippen MR) is 44.5 cm³/mol. The molecule has 58 valence electrons. The first-order valence-corrected chi connectivity index (χ1v) is 3.99. The number of ether oxygens (including phenoxy) is 1. The van der Waals surface area contributed by atoms with Crippen LogP contribution in [0.25, 0.3) is 0 Å². The van der Waals surface area contributed by atoms with Crippen LogP contribution in [-0.2, 0) is 4.74 Å². The summed E-state index contributed by atoms with van der Waals surface area (Å²) in [5.41, 5.74) is 2.62.